The minimum Gasteiger partial charge on any atom is -0.339 e. The molecule has 0 bridgehead atoms. The van der Waals surface area contributed by atoms with Crippen molar-refractivity contribution in [1.82, 2.24) is 4.98 Å². The molecule has 2 nitrogen and oxygen atoms in total. The lowest BCUT2D eigenvalue weighted by Crippen LogP contribution is -1.97. The third-order valence-electron chi connectivity index (χ3n) is 2.21. The van der Waals surface area contributed by atoms with Crippen LogP contribution in [0.25, 0.3) is 0 Å². The van der Waals surface area contributed by atoms with Crippen LogP contribution in [-0.4, -0.2) is 4.98 Å². The van der Waals surface area contributed by atoms with Gasteiger partial charge in [0.2, 0.25) is 0 Å². The van der Waals surface area contributed by atoms with Gasteiger partial charge >= 0.3 is 0 Å². The predicted molar refractivity (Wildman–Crippen MR) is 66.3 cm³/mol. The van der Waals surface area contributed by atoms with Crippen molar-refractivity contribution in [3.63, 3.8) is 0 Å². The van der Waals surface area contributed by atoms with E-state index in [4.69, 9.17) is 0 Å². The van der Waals surface area contributed by atoms with Crippen LogP contribution in [0.5, 0.6) is 0 Å². The molecule has 17 heavy (non-hydrogen) atoms. The van der Waals surface area contributed by atoms with E-state index < -0.39 is 11.6 Å². The van der Waals surface area contributed by atoms with Crippen molar-refractivity contribution in [2.45, 2.75) is 6.92 Å². The highest BCUT2D eigenvalue weighted by Crippen LogP contribution is 2.26. The number of nitrogens with zero attached hydrogens (tertiary/aromatic N) is 1. The molecule has 0 aliphatic heterocycles. The van der Waals surface area contributed by atoms with Crippen LogP contribution in [0.2, 0.25) is 0 Å². The molecule has 1 aromatic heterocycles. The van der Waals surface area contributed by atoms with Crippen LogP contribution in [0.3, 0.4) is 0 Å². The number of benzene rings is 1. The Hall–Kier alpha value is -1.49. The largest absolute Gasteiger partial charge is 0.339 e. The molecule has 2 aromatic rings. The predicted octanol–water partition coefficient (Wildman–Crippen LogP) is 4.17. The molecule has 1 N–H and O–H groups in total. The maximum Gasteiger partial charge on any atom is 0.144 e. The summed E-state index contributed by atoms with van der Waals surface area (Å²) in [7, 11) is 0. The van der Waals surface area contributed by atoms with Crippen LogP contribution < -0.4 is 5.32 Å². The topological polar surface area (TPSA) is 24.9 Å². The van der Waals surface area contributed by atoms with Crippen molar-refractivity contribution < 1.29 is 8.78 Å². The summed E-state index contributed by atoms with van der Waals surface area (Å²) in [5, 5.41) is 2.86. The minimum atomic E-state index is -0.628. The molecule has 0 radical (unpaired) electrons. The van der Waals surface area contributed by atoms with Crippen molar-refractivity contribution >= 4 is 27.4 Å². The molecule has 0 saturated heterocycles. The van der Waals surface area contributed by atoms with Gasteiger partial charge < -0.3 is 5.32 Å². The van der Waals surface area contributed by atoms with E-state index in [9.17, 15) is 8.78 Å². The number of aromatic nitrogens is 1. The Morgan fingerprint density at radius 2 is 1.82 bits per heavy atom. The molecule has 0 amide bonds. The highest BCUT2D eigenvalue weighted by molar-refractivity contribution is 9.10. The number of hydrogen-bond donors (Lipinski definition) is 1. The van der Waals surface area contributed by atoms with Gasteiger partial charge in [-0.1, -0.05) is 0 Å². The van der Waals surface area contributed by atoms with Crippen LogP contribution in [0.4, 0.5) is 20.3 Å². The van der Waals surface area contributed by atoms with Crippen molar-refractivity contribution in [2.75, 3.05) is 5.32 Å². The van der Waals surface area contributed by atoms with E-state index in [0.717, 1.165) is 16.1 Å². The zero-order valence-electron chi connectivity index (χ0n) is 8.97. The second-order valence-electron chi connectivity index (χ2n) is 3.57. The smallest absolute Gasteiger partial charge is 0.144 e. The van der Waals surface area contributed by atoms with Crippen LogP contribution in [0.15, 0.2) is 34.9 Å². The van der Waals surface area contributed by atoms with Gasteiger partial charge in [-0.2, -0.15) is 0 Å². The first kappa shape index (κ1) is 12.0. The second kappa shape index (κ2) is 4.79. The summed E-state index contributed by atoms with van der Waals surface area (Å²) in [5.41, 5.74) is 1.31. The lowest BCUT2D eigenvalue weighted by atomic mass is 10.2. The van der Waals surface area contributed by atoms with E-state index in [1.54, 1.807) is 6.20 Å². The Bertz CT molecular complexity index is 538. The summed E-state index contributed by atoms with van der Waals surface area (Å²) in [6.45, 7) is 1.91. The number of aryl methyl sites for hydroxylation is 1. The number of halogens is 3. The lowest BCUT2D eigenvalue weighted by molar-refractivity contribution is 0.584. The first-order valence-electron chi connectivity index (χ1n) is 4.90. The Morgan fingerprint density at radius 1 is 1.18 bits per heavy atom. The Labute approximate surface area is 106 Å². The zero-order chi connectivity index (χ0) is 12.4. The molecular formula is C12H9BrF2N2. The molecule has 2 rings (SSSR count). The van der Waals surface area contributed by atoms with E-state index in [-0.39, 0.29) is 0 Å². The number of pyridine rings is 1. The number of anilines is 2. The van der Waals surface area contributed by atoms with Crippen molar-refractivity contribution in [3.05, 3.63) is 52.1 Å². The zero-order valence-corrected chi connectivity index (χ0v) is 10.6. The van der Waals surface area contributed by atoms with E-state index in [1.165, 1.54) is 12.1 Å². The molecule has 0 fully saturated rings. The fourth-order valence-corrected chi connectivity index (χ4v) is 1.72. The van der Waals surface area contributed by atoms with Crippen molar-refractivity contribution in [2.24, 2.45) is 0 Å². The molecule has 0 atom stereocenters. The molecule has 0 aliphatic rings. The van der Waals surface area contributed by atoms with Gasteiger partial charge in [0.25, 0.3) is 0 Å². The average Bonchev–Trinajstić information content (AvgIpc) is 2.23. The monoisotopic (exact) mass is 298 g/mol. The highest BCUT2D eigenvalue weighted by atomic mass is 79.9. The van der Waals surface area contributed by atoms with Gasteiger partial charge in [-0.25, -0.2) is 13.8 Å². The van der Waals surface area contributed by atoms with Gasteiger partial charge in [-0.05, 0) is 46.6 Å². The van der Waals surface area contributed by atoms with Gasteiger partial charge in [0.15, 0.2) is 0 Å². The van der Waals surface area contributed by atoms with Crippen LogP contribution in [0, 0.1) is 18.6 Å². The van der Waals surface area contributed by atoms with E-state index in [1.807, 2.05) is 13.0 Å². The van der Waals surface area contributed by atoms with E-state index in [2.05, 4.69) is 26.2 Å². The molecule has 5 heteroatoms. The summed E-state index contributed by atoms with van der Waals surface area (Å²) in [6, 6.07) is 5.07. The first-order valence-corrected chi connectivity index (χ1v) is 5.70. The maximum atomic E-state index is 13.0. The molecule has 1 heterocycles. The SMILES string of the molecule is Cc1ccnc(Nc2cc(F)cc(F)c2)c1Br. The fraction of sp³-hybridized carbons (Fsp3) is 0.0833. The molecule has 0 unspecified atom stereocenters. The van der Waals surface area contributed by atoms with Crippen molar-refractivity contribution in [3.8, 4) is 0 Å². The van der Waals surface area contributed by atoms with E-state index >= 15 is 0 Å². The molecule has 1 aromatic carbocycles. The third kappa shape index (κ3) is 2.79. The molecular weight excluding hydrogens is 290 g/mol. The summed E-state index contributed by atoms with van der Waals surface area (Å²) in [4.78, 5) is 4.09. The highest BCUT2D eigenvalue weighted by Gasteiger charge is 2.06. The summed E-state index contributed by atoms with van der Waals surface area (Å²) in [6.07, 6.45) is 1.62. The lowest BCUT2D eigenvalue weighted by Gasteiger charge is -2.09. The van der Waals surface area contributed by atoms with Crippen LogP contribution in [-0.2, 0) is 0 Å². The summed E-state index contributed by atoms with van der Waals surface area (Å²) >= 11 is 3.36. The molecule has 88 valence electrons. The fourth-order valence-electron chi connectivity index (χ4n) is 1.39. The standard InChI is InChI=1S/C12H9BrF2N2/c1-7-2-3-16-12(11(7)13)17-10-5-8(14)4-9(15)6-10/h2-6H,1H3,(H,16,17). The van der Waals surface area contributed by atoms with Crippen LogP contribution in [0.1, 0.15) is 5.56 Å². The van der Waals surface area contributed by atoms with Crippen molar-refractivity contribution in [1.29, 1.82) is 0 Å². The van der Waals surface area contributed by atoms with Gasteiger partial charge in [0.1, 0.15) is 17.5 Å². The van der Waals surface area contributed by atoms with Gasteiger partial charge in [-0.3, -0.25) is 0 Å². The Kier molecular flexibility index (Phi) is 3.38. The average molecular weight is 299 g/mol. The molecule has 0 saturated carbocycles. The normalized spacial score (nSPS) is 10.4. The number of nitrogens with one attached hydrogen (secondary N) is 1. The third-order valence-corrected chi connectivity index (χ3v) is 3.21. The summed E-state index contributed by atoms with van der Waals surface area (Å²) < 4.78 is 26.8. The molecule has 0 spiro atoms. The quantitative estimate of drug-likeness (QED) is 0.900. The van der Waals surface area contributed by atoms with Gasteiger partial charge in [0.05, 0.1) is 4.47 Å². The van der Waals surface area contributed by atoms with Gasteiger partial charge in [0, 0.05) is 18.0 Å². The first-order chi connectivity index (χ1) is 8.06. The van der Waals surface area contributed by atoms with Crippen LogP contribution >= 0.6 is 15.9 Å². The van der Waals surface area contributed by atoms with E-state index in [0.29, 0.717) is 11.5 Å². The summed E-state index contributed by atoms with van der Waals surface area (Å²) in [5.74, 6) is -0.734. The Morgan fingerprint density at radius 3 is 2.47 bits per heavy atom. The maximum absolute atomic E-state index is 13.0. The second-order valence-corrected chi connectivity index (χ2v) is 4.37. The van der Waals surface area contributed by atoms with Gasteiger partial charge in [-0.15, -0.1) is 0 Å². The number of hydrogen-bond acceptors (Lipinski definition) is 2. The number of rotatable bonds is 2. The molecule has 0 aliphatic carbocycles. The Balaban J connectivity index is 2.34. The minimum absolute atomic E-state index is 0.321.